The summed E-state index contributed by atoms with van der Waals surface area (Å²) in [4.78, 5) is 51.4. The Morgan fingerprint density at radius 1 is 0.400 bits per heavy atom. The van der Waals surface area contributed by atoms with Crippen LogP contribution in [0.5, 0.6) is 0 Å². The summed E-state index contributed by atoms with van der Waals surface area (Å²) in [6.07, 6.45) is 65.8. The molecule has 0 radical (unpaired) electrons. The number of aliphatic hydroxyl groups excluding tert-OH is 2. The number of allylic oxidation sites excluding steroid dienone is 12. The predicted octanol–water partition coefficient (Wildman–Crippen LogP) is 19.2. The van der Waals surface area contributed by atoms with Crippen LogP contribution in [0.15, 0.2) is 72.9 Å². The molecule has 1 rings (SSSR count). The number of unbranched alkanes of at least 4 members (excludes halogenated alkanes) is 34. The van der Waals surface area contributed by atoms with E-state index in [0.29, 0.717) is 25.7 Å². The fraction of sp³-hybridized carbons (Fsp3) is 0.781. The first-order valence-corrected chi connectivity index (χ1v) is 34.9. The molecule has 0 bridgehead atoms. The highest BCUT2D eigenvalue weighted by Crippen LogP contribution is 2.27. The quantitative estimate of drug-likeness (QED) is 0.0228. The van der Waals surface area contributed by atoms with Gasteiger partial charge in [0.05, 0.1) is 6.61 Å². The zero-order valence-corrected chi connectivity index (χ0v) is 54.3. The Bertz CT molecular complexity index is 1750. The van der Waals surface area contributed by atoms with Gasteiger partial charge in [-0.15, -0.1) is 0 Å². The van der Waals surface area contributed by atoms with Crippen LogP contribution in [0, 0.1) is 0 Å². The van der Waals surface area contributed by atoms with Crippen LogP contribution in [0.2, 0.25) is 0 Å². The second kappa shape index (κ2) is 60.4. The van der Waals surface area contributed by atoms with Crippen molar-refractivity contribution < 1.29 is 58.2 Å². The van der Waals surface area contributed by atoms with Gasteiger partial charge in [-0.05, 0) is 83.5 Å². The summed E-state index contributed by atoms with van der Waals surface area (Å²) < 4.78 is 28.6. The summed E-state index contributed by atoms with van der Waals surface area (Å²) in [5.41, 5.74) is 0. The molecule has 1 heterocycles. The zero-order valence-electron chi connectivity index (χ0n) is 54.3. The van der Waals surface area contributed by atoms with Crippen molar-refractivity contribution in [3.8, 4) is 0 Å². The average Bonchev–Trinajstić information content (AvgIpc) is 3.53. The fourth-order valence-electron chi connectivity index (χ4n) is 10.5. The molecule has 0 amide bonds. The zero-order chi connectivity index (χ0) is 61.7. The monoisotopic (exact) mass is 1190 g/mol. The SMILES string of the molecule is CC/C=C\C/C=C\C/C=C\C/C=C\C/C=C\CCCC(=O)OC(COC(=O)CCCCCCCCCCC/C=C\CCCCCCCC)COC1OC(C(=O)O)C(O)C(O)C1OC(=O)CCCCCCCCCCCCCCCCCCCCC. The van der Waals surface area contributed by atoms with E-state index in [9.17, 15) is 34.5 Å². The van der Waals surface area contributed by atoms with Gasteiger partial charge in [0, 0.05) is 19.3 Å². The minimum atomic E-state index is -1.91. The van der Waals surface area contributed by atoms with E-state index in [-0.39, 0.29) is 25.9 Å². The van der Waals surface area contributed by atoms with Crippen molar-refractivity contribution in [2.75, 3.05) is 13.2 Å². The maximum absolute atomic E-state index is 13.2. The predicted molar refractivity (Wildman–Crippen MR) is 349 cm³/mol. The fourth-order valence-corrected chi connectivity index (χ4v) is 10.5. The maximum atomic E-state index is 13.2. The lowest BCUT2D eigenvalue weighted by molar-refractivity contribution is -0.301. The van der Waals surface area contributed by atoms with Crippen LogP contribution in [-0.2, 0) is 42.9 Å². The first kappa shape index (κ1) is 79.2. The van der Waals surface area contributed by atoms with Crippen LogP contribution in [-0.4, -0.2) is 89.2 Å². The van der Waals surface area contributed by atoms with Crippen molar-refractivity contribution in [2.24, 2.45) is 0 Å². The van der Waals surface area contributed by atoms with Crippen LogP contribution in [0.25, 0.3) is 0 Å². The summed E-state index contributed by atoms with van der Waals surface area (Å²) in [6.45, 7) is 5.89. The minimum absolute atomic E-state index is 0.0563. The van der Waals surface area contributed by atoms with Gasteiger partial charge in [-0.3, -0.25) is 14.4 Å². The van der Waals surface area contributed by atoms with E-state index < -0.39 is 67.3 Å². The summed E-state index contributed by atoms with van der Waals surface area (Å²) in [5.74, 6) is -3.18. The van der Waals surface area contributed by atoms with Crippen LogP contribution < -0.4 is 0 Å². The van der Waals surface area contributed by atoms with Crippen molar-refractivity contribution in [2.45, 2.75) is 353 Å². The van der Waals surface area contributed by atoms with Gasteiger partial charge in [0.15, 0.2) is 24.6 Å². The van der Waals surface area contributed by atoms with E-state index >= 15 is 0 Å². The van der Waals surface area contributed by atoms with Gasteiger partial charge in [-0.1, -0.05) is 286 Å². The molecule has 12 heteroatoms. The lowest BCUT2D eigenvalue weighted by Crippen LogP contribution is -2.61. The largest absolute Gasteiger partial charge is 0.479 e. The van der Waals surface area contributed by atoms with Crippen LogP contribution in [0.1, 0.15) is 316 Å². The van der Waals surface area contributed by atoms with Crippen LogP contribution >= 0.6 is 0 Å². The highest BCUT2D eigenvalue weighted by Gasteiger charge is 2.50. The van der Waals surface area contributed by atoms with Crippen molar-refractivity contribution in [3.05, 3.63) is 72.9 Å². The summed E-state index contributed by atoms with van der Waals surface area (Å²) in [6, 6.07) is 0. The number of carboxylic acids is 1. The van der Waals surface area contributed by atoms with Gasteiger partial charge in [0.25, 0.3) is 0 Å². The second-order valence-corrected chi connectivity index (χ2v) is 23.8. The van der Waals surface area contributed by atoms with Crippen LogP contribution in [0.4, 0.5) is 0 Å². The number of aliphatic hydroxyl groups is 2. The van der Waals surface area contributed by atoms with Crippen LogP contribution in [0.3, 0.4) is 0 Å². The number of aliphatic carboxylic acids is 1. The molecule has 6 unspecified atom stereocenters. The van der Waals surface area contributed by atoms with Gasteiger partial charge < -0.3 is 39.0 Å². The lowest BCUT2D eigenvalue weighted by Gasteiger charge is -2.40. The molecular formula is C73H126O12. The van der Waals surface area contributed by atoms with Gasteiger partial charge in [0.1, 0.15) is 18.8 Å². The minimum Gasteiger partial charge on any atom is -0.479 e. The molecule has 1 aliphatic heterocycles. The third kappa shape index (κ3) is 49.8. The smallest absolute Gasteiger partial charge is 0.335 e. The Hall–Kier alpha value is -3.84. The summed E-state index contributed by atoms with van der Waals surface area (Å²) in [7, 11) is 0. The molecule has 1 saturated heterocycles. The normalized spacial score (nSPS) is 17.9. The molecule has 0 aromatic heterocycles. The first-order chi connectivity index (χ1) is 41.6. The molecule has 12 nitrogen and oxygen atoms in total. The van der Waals surface area contributed by atoms with E-state index in [0.717, 1.165) is 77.0 Å². The molecule has 3 N–H and O–H groups in total. The molecule has 6 atom stereocenters. The molecule has 85 heavy (non-hydrogen) atoms. The van der Waals surface area contributed by atoms with E-state index in [4.69, 9.17) is 23.7 Å². The number of esters is 3. The molecule has 0 aliphatic carbocycles. The number of hydrogen-bond donors (Lipinski definition) is 3. The number of hydrogen-bond acceptors (Lipinski definition) is 11. The van der Waals surface area contributed by atoms with E-state index in [1.807, 2.05) is 6.08 Å². The van der Waals surface area contributed by atoms with E-state index in [2.05, 4.69) is 87.6 Å². The molecule has 490 valence electrons. The van der Waals surface area contributed by atoms with Gasteiger partial charge >= 0.3 is 23.9 Å². The van der Waals surface area contributed by atoms with Crippen molar-refractivity contribution in [3.63, 3.8) is 0 Å². The summed E-state index contributed by atoms with van der Waals surface area (Å²) >= 11 is 0. The Balaban J connectivity index is 2.65. The van der Waals surface area contributed by atoms with Crippen molar-refractivity contribution >= 4 is 23.9 Å². The lowest BCUT2D eigenvalue weighted by atomic mass is 9.98. The number of carbonyl (C=O) groups excluding carboxylic acids is 3. The Kier molecular flexibility index (Phi) is 56.3. The standard InChI is InChI=1S/C73H126O12/c1-4-7-10-13-16-19-22-25-28-31-33-36-38-41-44-47-50-53-56-59-65(74)81-62-64(83-66(75)60-57-54-51-48-45-42-39-35-30-27-24-21-18-15-12-9-6-3)63-82-73-71(69(78)68(77)70(85-73)72(79)80)84-67(76)61-58-55-52-49-46-43-40-37-34-32-29-26-23-20-17-14-11-8-5-2/h9,12,18,21,25,27-28,30,39,42,48,51,64,68-71,73,77-78H,4-8,10-11,13-17,19-20,22-24,26,29,31-38,40-41,43-47,49-50,52-63H2,1-3H3,(H,79,80)/b12-9-,21-18-,28-25-,30-27-,42-39-,51-48-. The number of rotatable bonds is 60. The molecule has 0 spiro atoms. The van der Waals surface area contributed by atoms with Crippen molar-refractivity contribution in [1.29, 1.82) is 0 Å². The molecule has 1 fully saturated rings. The van der Waals surface area contributed by atoms with Gasteiger partial charge in [-0.2, -0.15) is 0 Å². The average molecular weight is 1200 g/mol. The van der Waals surface area contributed by atoms with E-state index in [1.54, 1.807) is 0 Å². The molecular weight excluding hydrogens is 1070 g/mol. The number of carbonyl (C=O) groups is 4. The number of carboxylic acid groups (broad SMARTS) is 1. The van der Waals surface area contributed by atoms with Gasteiger partial charge in [0.2, 0.25) is 0 Å². The third-order valence-electron chi connectivity index (χ3n) is 15.8. The second-order valence-electron chi connectivity index (χ2n) is 23.8. The first-order valence-electron chi connectivity index (χ1n) is 34.9. The maximum Gasteiger partial charge on any atom is 0.335 e. The Labute approximate surface area is 518 Å². The van der Waals surface area contributed by atoms with Crippen molar-refractivity contribution in [1.82, 2.24) is 0 Å². The highest BCUT2D eigenvalue weighted by molar-refractivity contribution is 5.74. The topological polar surface area (TPSA) is 175 Å². The molecule has 0 aromatic carbocycles. The third-order valence-corrected chi connectivity index (χ3v) is 15.8. The van der Waals surface area contributed by atoms with Gasteiger partial charge in [-0.25, -0.2) is 4.79 Å². The molecule has 0 aromatic rings. The highest BCUT2D eigenvalue weighted by atomic mass is 16.7. The Morgan fingerprint density at radius 2 is 0.753 bits per heavy atom. The molecule has 1 aliphatic rings. The van der Waals surface area contributed by atoms with E-state index in [1.165, 1.54) is 173 Å². The Morgan fingerprint density at radius 3 is 1.18 bits per heavy atom. The number of ether oxygens (including phenoxy) is 5. The molecule has 0 saturated carbocycles. The summed E-state index contributed by atoms with van der Waals surface area (Å²) in [5, 5.41) is 31.7.